The van der Waals surface area contributed by atoms with E-state index in [0.717, 1.165) is 19.5 Å². The minimum atomic E-state index is 0.111. The molecular weight excluding hydrogens is 176 g/mol. The molecule has 0 fully saturated rings. The van der Waals surface area contributed by atoms with Gasteiger partial charge in [-0.3, -0.25) is 4.79 Å². The van der Waals surface area contributed by atoms with Crippen molar-refractivity contribution in [2.45, 2.75) is 27.2 Å². The summed E-state index contributed by atoms with van der Waals surface area (Å²) in [6.07, 6.45) is 2.94. The minimum absolute atomic E-state index is 0.111. The van der Waals surface area contributed by atoms with Crippen molar-refractivity contribution in [3.63, 3.8) is 0 Å². The minimum Gasteiger partial charge on any atom is -0.318 e. The predicted molar refractivity (Wildman–Crippen MR) is 60.0 cm³/mol. The Morgan fingerprint density at radius 2 is 1.79 bits per heavy atom. The smallest absolute Gasteiger partial charge is 0.223 e. The zero-order chi connectivity index (χ0) is 11.1. The summed E-state index contributed by atoms with van der Waals surface area (Å²) in [6.45, 7) is 7.41. The highest BCUT2D eigenvalue weighted by Gasteiger charge is 2.05. The van der Waals surface area contributed by atoms with Gasteiger partial charge in [-0.1, -0.05) is 12.5 Å². The third-order valence-corrected chi connectivity index (χ3v) is 2.13. The molecule has 14 heavy (non-hydrogen) atoms. The summed E-state index contributed by atoms with van der Waals surface area (Å²) in [4.78, 5) is 15.1. The molecule has 0 radical (unpaired) electrons. The zero-order valence-electron chi connectivity index (χ0n) is 10.0. The number of hydrogen-bond donors (Lipinski definition) is 0. The van der Waals surface area contributed by atoms with Gasteiger partial charge < -0.3 is 9.80 Å². The van der Waals surface area contributed by atoms with Crippen LogP contribution in [0.1, 0.15) is 27.2 Å². The highest BCUT2D eigenvalue weighted by Crippen LogP contribution is 2.02. The topological polar surface area (TPSA) is 23.6 Å². The third-order valence-electron chi connectivity index (χ3n) is 2.13. The van der Waals surface area contributed by atoms with Crippen LogP contribution in [-0.2, 0) is 4.79 Å². The van der Waals surface area contributed by atoms with Gasteiger partial charge in [0, 0.05) is 26.2 Å². The van der Waals surface area contributed by atoms with Gasteiger partial charge in [0.15, 0.2) is 0 Å². The molecule has 0 rings (SSSR count). The highest BCUT2D eigenvalue weighted by molar-refractivity contribution is 5.74. The summed E-state index contributed by atoms with van der Waals surface area (Å²) >= 11 is 0. The first-order valence-electron chi connectivity index (χ1n) is 5.06. The zero-order valence-corrected chi connectivity index (χ0v) is 10.0. The van der Waals surface area contributed by atoms with Gasteiger partial charge in [0.2, 0.25) is 5.91 Å². The molecule has 0 aliphatic heterocycles. The van der Waals surface area contributed by atoms with E-state index < -0.39 is 0 Å². The quantitative estimate of drug-likeness (QED) is 0.671. The monoisotopic (exact) mass is 198 g/mol. The van der Waals surface area contributed by atoms with Crippen molar-refractivity contribution in [2.24, 2.45) is 0 Å². The van der Waals surface area contributed by atoms with Crippen molar-refractivity contribution in [3.05, 3.63) is 11.8 Å². The van der Waals surface area contributed by atoms with E-state index in [1.165, 1.54) is 5.57 Å². The largest absolute Gasteiger partial charge is 0.318 e. The van der Waals surface area contributed by atoms with E-state index in [4.69, 9.17) is 0 Å². The standard InChI is InChI=1S/C11H22N2O/c1-6-10(2)9-13(11(3)14)8-7-12(4)5/h9H,6-8H2,1-5H3/b10-9-. The van der Waals surface area contributed by atoms with E-state index in [9.17, 15) is 4.79 Å². The van der Waals surface area contributed by atoms with Gasteiger partial charge in [-0.15, -0.1) is 0 Å². The first-order chi connectivity index (χ1) is 6.47. The van der Waals surface area contributed by atoms with Crippen LogP contribution in [0.2, 0.25) is 0 Å². The molecule has 82 valence electrons. The number of likely N-dealkylation sites (N-methyl/N-ethyl adjacent to an activating group) is 1. The lowest BCUT2D eigenvalue weighted by Crippen LogP contribution is -2.31. The van der Waals surface area contributed by atoms with Gasteiger partial charge in [-0.05, 0) is 27.4 Å². The Bertz CT molecular complexity index is 209. The second-order valence-corrected chi connectivity index (χ2v) is 3.84. The molecule has 0 aromatic rings. The van der Waals surface area contributed by atoms with Crippen molar-refractivity contribution >= 4 is 5.91 Å². The Morgan fingerprint density at radius 3 is 2.14 bits per heavy atom. The highest BCUT2D eigenvalue weighted by atomic mass is 16.2. The molecule has 3 heteroatoms. The van der Waals surface area contributed by atoms with Crippen molar-refractivity contribution in [1.29, 1.82) is 0 Å². The summed E-state index contributed by atoms with van der Waals surface area (Å²) in [5.74, 6) is 0.111. The third kappa shape index (κ3) is 5.75. The maximum absolute atomic E-state index is 11.3. The number of amides is 1. The van der Waals surface area contributed by atoms with Crippen molar-refractivity contribution in [1.82, 2.24) is 9.80 Å². The summed E-state index contributed by atoms with van der Waals surface area (Å²) in [6, 6.07) is 0. The van der Waals surface area contributed by atoms with Crippen LogP contribution < -0.4 is 0 Å². The van der Waals surface area contributed by atoms with Gasteiger partial charge in [0.1, 0.15) is 0 Å². The number of nitrogens with zero attached hydrogens (tertiary/aromatic N) is 2. The predicted octanol–water partition coefficient (Wildman–Crippen LogP) is 1.71. The lowest BCUT2D eigenvalue weighted by molar-refractivity contribution is -0.126. The maximum atomic E-state index is 11.3. The fraction of sp³-hybridized carbons (Fsp3) is 0.727. The van der Waals surface area contributed by atoms with E-state index in [-0.39, 0.29) is 5.91 Å². The van der Waals surface area contributed by atoms with E-state index >= 15 is 0 Å². The molecule has 0 unspecified atom stereocenters. The SMILES string of the molecule is CC/C(C)=C\N(CCN(C)C)C(C)=O. The Morgan fingerprint density at radius 1 is 1.21 bits per heavy atom. The molecule has 0 aliphatic rings. The molecule has 0 aromatic carbocycles. The average molecular weight is 198 g/mol. The molecule has 0 atom stereocenters. The molecular formula is C11H22N2O. The van der Waals surface area contributed by atoms with E-state index in [1.54, 1.807) is 11.8 Å². The van der Waals surface area contributed by atoms with Gasteiger partial charge >= 0.3 is 0 Å². The van der Waals surface area contributed by atoms with Crippen LogP contribution in [0.5, 0.6) is 0 Å². The Labute approximate surface area is 87.4 Å². The van der Waals surface area contributed by atoms with Crippen molar-refractivity contribution in [2.75, 3.05) is 27.2 Å². The molecule has 0 bridgehead atoms. The number of carbonyl (C=O) groups is 1. The fourth-order valence-corrected chi connectivity index (χ4v) is 0.978. The second kappa shape index (κ2) is 6.60. The molecule has 3 nitrogen and oxygen atoms in total. The van der Waals surface area contributed by atoms with Crippen molar-refractivity contribution < 1.29 is 4.79 Å². The molecule has 0 saturated heterocycles. The average Bonchev–Trinajstić information content (AvgIpc) is 2.10. The van der Waals surface area contributed by atoms with Crippen LogP contribution in [0.15, 0.2) is 11.8 Å². The lowest BCUT2D eigenvalue weighted by atomic mass is 10.2. The van der Waals surface area contributed by atoms with Crippen LogP contribution in [-0.4, -0.2) is 42.9 Å². The first kappa shape index (κ1) is 13.2. The molecule has 0 spiro atoms. The number of hydrogen-bond acceptors (Lipinski definition) is 2. The normalized spacial score (nSPS) is 12.0. The molecule has 1 amide bonds. The summed E-state index contributed by atoms with van der Waals surface area (Å²) in [5.41, 5.74) is 1.24. The second-order valence-electron chi connectivity index (χ2n) is 3.84. The number of allylic oxidation sites excluding steroid dienone is 1. The van der Waals surface area contributed by atoms with Crippen LogP contribution in [0.25, 0.3) is 0 Å². The van der Waals surface area contributed by atoms with Crippen LogP contribution in [0.3, 0.4) is 0 Å². The molecule has 0 saturated carbocycles. The van der Waals surface area contributed by atoms with E-state index in [1.807, 2.05) is 27.2 Å². The molecule has 0 heterocycles. The summed E-state index contributed by atoms with van der Waals surface area (Å²) in [7, 11) is 4.02. The molecule has 0 aromatic heterocycles. The van der Waals surface area contributed by atoms with Crippen LogP contribution in [0.4, 0.5) is 0 Å². The maximum Gasteiger partial charge on any atom is 0.223 e. The van der Waals surface area contributed by atoms with Gasteiger partial charge in [-0.2, -0.15) is 0 Å². The Balaban J connectivity index is 4.23. The van der Waals surface area contributed by atoms with E-state index in [2.05, 4.69) is 11.8 Å². The number of rotatable bonds is 5. The number of carbonyl (C=O) groups excluding carboxylic acids is 1. The Kier molecular flexibility index (Phi) is 6.21. The van der Waals surface area contributed by atoms with Gasteiger partial charge in [0.25, 0.3) is 0 Å². The molecule has 0 aliphatic carbocycles. The van der Waals surface area contributed by atoms with Crippen LogP contribution >= 0.6 is 0 Å². The lowest BCUT2D eigenvalue weighted by Gasteiger charge is -2.20. The van der Waals surface area contributed by atoms with Gasteiger partial charge in [0.05, 0.1) is 0 Å². The fourth-order valence-electron chi connectivity index (χ4n) is 0.978. The van der Waals surface area contributed by atoms with Crippen LogP contribution in [0, 0.1) is 0 Å². The Hall–Kier alpha value is -0.830. The molecule has 0 N–H and O–H groups in total. The summed E-state index contributed by atoms with van der Waals surface area (Å²) in [5, 5.41) is 0. The van der Waals surface area contributed by atoms with Gasteiger partial charge in [-0.25, -0.2) is 0 Å². The first-order valence-corrected chi connectivity index (χ1v) is 5.06. The van der Waals surface area contributed by atoms with Crippen molar-refractivity contribution in [3.8, 4) is 0 Å². The van der Waals surface area contributed by atoms with E-state index in [0.29, 0.717) is 0 Å². The summed E-state index contributed by atoms with van der Waals surface area (Å²) < 4.78 is 0.